The Kier molecular flexibility index (Phi) is 7.08. The predicted octanol–water partition coefficient (Wildman–Crippen LogP) is 1.79. The van der Waals surface area contributed by atoms with Crippen LogP contribution in [0.2, 0.25) is 0 Å². The van der Waals surface area contributed by atoms with Crippen LogP contribution in [-0.2, 0) is 0 Å². The van der Waals surface area contributed by atoms with Gasteiger partial charge in [0.1, 0.15) is 17.7 Å². The van der Waals surface area contributed by atoms with E-state index in [1.54, 1.807) is 6.07 Å². The van der Waals surface area contributed by atoms with Gasteiger partial charge < -0.3 is 26.7 Å². The first-order valence-electron chi connectivity index (χ1n) is 9.89. The third kappa shape index (κ3) is 5.22. The Hall–Kier alpha value is -3.47. The summed E-state index contributed by atoms with van der Waals surface area (Å²) >= 11 is 0. The molecule has 2 aromatic rings. The maximum atomic E-state index is 14.1. The topological polar surface area (TPSA) is 119 Å². The first-order chi connectivity index (χ1) is 15.3. The summed E-state index contributed by atoms with van der Waals surface area (Å²) in [4.78, 5) is 22.5. The number of rotatable bonds is 5. The van der Waals surface area contributed by atoms with Crippen molar-refractivity contribution < 1.29 is 18.0 Å². The monoisotopic (exact) mass is 447 g/mol. The SMILES string of the molecule is CN=C(C(C=N)NC(=O)c1nc(-c2ccccc2F)ccc1N)N1CCNCC(F)(F)C1. The molecule has 0 saturated carbocycles. The molecule has 0 aliphatic carbocycles. The number of nitrogens with one attached hydrogen (secondary N) is 3. The molecule has 3 rings (SSSR count). The smallest absolute Gasteiger partial charge is 0.277 e. The van der Waals surface area contributed by atoms with Crippen LogP contribution in [0.25, 0.3) is 11.3 Å². The number of hydrogen-bond acceptors (Lipinski definition) is 6. The van der Waals surface area contributed by atoms with Gasteiger partial charge in [-0.25, -0.2) is 18.2 Å². The van der Waals surface area contributed by atoms with E-state index in [9.17, 15) is 18.0 Å². The zero-order chi connectivity index (χ0) is 23.3. The van der Waals surface area contributed by atoms with Crippen LogP contribution in [0.1, 0.15) is 10.5 Å². The van der Waals surface area contributed by atoms with E-state index in [1.807, 2.05) is 0 Å². The van der Waals surface area contributed by atoms with Crippen molar-refractivity contribution in [3.8, 4) is 11.3 Å². The molecule has 1 aromatic heterocycles. The molecule has 5 N–H and O–H groups in total. The molecule has 0 radical (unpaired) electrons. The van der Waals surface area contributed by atoms with Crippen LogP contribution in [-0.4, -0.2) is 73.0 Å². The van der Waals surface area contributed by atoms with E-state index >= 15 is 0 Å². The molecule has 0 bridgehead atoms. The molecule has 11 heteroatoms. The Labute approximate surface area is 183 Å². The van der Waals surface area contributed by atoms with E-state index in [4.69, 9.17) is 11.1 Å². The van der Waals surface area contributed by atoms with Crippen molar-refractivity contribution in [2.45, 2.75) is 12.0 Å². The number of nitrogens with zero attached hydrogens (tertiary/aromatic N) is 3. The fourth-order valence-electron chi connectivity index (χ4n) is 3.43. The van der Waals surface area contributed by atoms with Crippen LogP contribution in [0, 0.1) is 11.2 Å². The molecule has 1 fully saturated rings. The van der Waals surface area contributed by atoms with E-state index in [0.717, 1.165) is 6.21 Å². The van der Waals surface area contributed by atoms with Gasteiger partial charge in [0, 0.05) is 31.9 Å². The average Bonchev–Trinajstić information content (AvgIpc) is 2.94. The summed E-state index contributed by atoms with van der Waals surface area (Å²) in [7, 11) is 1.40. The number of carbonyl (C=O) groups excluding carboxylic acids is 1. The number of carbonyl (C=O) groups is 1. The lowest BCUT2D eigenvalue weighted by molar-refractivity contribution is -0.00619. The molecule has 170 valence electrons. The normalized spacial score (nSPS) is 17.4. The largest absolute Gasteiger partial charge is 0.397 e. The highest BCUT2D eigenvalue weighted by Gasteiger charge is 2.36. The maximum Gasteiger partial charge on any atom is 0.277 e. The predicted molar refractivity (Wildman–Crippen MR) is 117 cm³/mol. The number of pyridine rings is 1. The lowest BCUT2D eigenvalue weighted by Crippen LogP contribution is -2.52. The third-order valence-electron chi connectivity index (χ3n) is 4.94. The van der Waals surface area contributed by atoms with E-state index in [0.29, 0.717) is 6.54 Å². The Bertz CT molecular complexity index is 1030. The number of amides is 1. The minimum absolute atomic E-state index is 0.0480. The third-order valence-corrected chi connectivity index (χ3v) is 4.94. The van der Waals surface area contributed by atoms with Gasteiger partial charge in [-0.3, -0.25) is 9.79 Å². The molecule has 2 heterocycles. The van der Waals surface area contributed by atoms with Crippen molar-refractivity contribution in [2.75, 3.05) is 39.0 Å². The number of hydrogen-bond donors (Lipinski definition) is 4. The first kappa shape index (κ1) is 23.2. The lowest BCUT2D eigenvalue weighted by atomic mass is 10.1. The molecule has 1 aromatic carbocycles. The molecule has 0 spiro atoms. The van der Waals surface area contributed by atoms with E-state index < -0.39 is 36.8 Å². The number of benzene rings is 1. The summed E-state index contributed by atoms with van der Waals surface area (Å²) in [6.45, 7) is -0.542. The van der Waals surface area contributed by atoms with Gasteiger partial charge in [-0.1, -0.05) is 12.1 Å². The minimum Gasteiger partial charge on any atom is -0.397 e. The second-order valence-corrected chi connectivity index (χ2v) is 7.27. The summed E-state index contributed by atoms with van der Waals surface area (Å²) in [6.07, 6.45) is 0.896. The molecule has 32 heavy (non-hydrogen) atoms. The zero-order valence-corrected chi connectivity index (χ0v) is 17.4. The van der Waals surface area contributed by atoms with Gasteiger partial charge >= 0.3 is 0 Å². The maximum absolute atomic E-state index is 14.1. The van der Waals surface area contributed by atoms with Crippen molar-refractivity contribution in [1.29, 1.82) is 5.41 Å². The Morgan fingerprint density at radius 3 is 2.81 bits per heavy atom. The average molecular weight is 447 g/mol. The Morgan fingerprint density at radius 1 is 1.38 bits per heavy atom. The second kappa shape index (κ2) is 9.77. The van der Waals surface area contributed by atoms with Crippen molar-refractivity contribution in [1.82, 2.24) is 20.5 Å². The molecular weight excluding hydrogens is 423 g/mol. The van der Waals surface area contributed by atoms with E-state index in [-0.39, 0.29) is 35.0 Å². The van der Waals surface area contributed by atoms with E-state index in [2.05, 4.69) is 20.6 Å². The van der Waals surface area contributed by atoms with Crippen molar-refractivity contribution in [3.05, 3.63) is 47.9 Å². The lowest BCUT2D eigenvalue weighted by Gasteiger charge is -2.30. The standard InChI is InChI=1S/C21H24F3N7O/c1-27-19(31-9-8-28-11-21(23,24)12-31)17(10-25)30-20(32)18-15(26)6-7-16(29-18)13-4-2-3-5-14(13)22/h2-7,10,17,25,28H,8-9,11-12,26H2,1H3,(H,30,32). The van der Waals surface area contributed by atoms with Crippen LogP contribution in [0.15, 0.2) is 41.4 Å². The minimum atomic E-state index is -3.00. The van der Waals surface area contributed by atoms with Gasteiger partial charge in [0.05, 0.1) is 24.5 Å². The summed E-state index contributed by atoms with van der Waals surface area (Å²) in [5, 5.41) is 12.9. The number of aromatic nitrogens is 1. The number of nitrogen functional groups attached to an aromatic ring is 1. The highest BCUT2D eigenvalue weighted by molar-refractivity contribution is 6.07. The number of aliphatic imine (C=N–C) groups is 1. The van der Waals surface area contributed by atoms with Crippen LogP contribution in [0.5, 0.6) is 0 Å². The van der Waals surface area contributed by atoms with Crippen LogP contribution in [0.4, 0.5) is 18.9 Å². The summed E-state index contributed by atoms with van der Waals surface area (Å²) < 4.78 is 42.2. The van der Waals surface area contributed by atoms with Crippen LogP contribution in [0.3, 0.4) is 0 Å². The molecular formula is C21H24F3N7O. The zero-order valence-electron chi connectivity index (χ0n) is 17.4. The van der Waals surface area contributed by atoms with Crippen LogP contribution < -0.4 is 16.4 Å². The molecule has 1 saturated heterocycles. The Balaban J connectivity index is 1.85. The van der Waals surface area contributed by atoms with Crippen molar-refractivity contribution in [3.63, 3.8) is 0 Å². The molecule has 1 aliphatic rings. The fourth-order valence-corrected chi connectivity index (χ4v) is 3.43. The van der Waals surface area contributed by atoms with Gasteiger partial charge in [-0.05, 0) is 24.3 Å². The van der Waals surface area contributed by atoms with Gasteiger partial charge in [0.15, 0.2) is 5.69 Å². The highest BCUT2D eigenvalue weighted by Crippen LogP contribution is 2.23. The first-order valence-corrected chi connectivity index (χ1v) is 9.89. The van der Waals surface area contributed by atoms with E-state index in [1.165, 1.54) is 42.3 Å². The summed E-state index contributed by atoms with van der Waals surface area (Å²) in [5.41, 5.74) is 6.19. The molecule has 1 atom stereocenters. The number of anilines is 1. The number of nitrogens with two attached hydrogens (primary N) is 1. The number of halogens is 3. The summed E-state index contributed by atoms with van der Waals surface area (Å²) in [6, 6.07) is 7.80. The highest BCUT2D eigenvalue weighted by atomic mass is 19.3. The van der Waals surface area contributed by atoms with Gasteiger partial charge in [0.25, 0.3) is 11.8 Å². The van der Waals surface area contributed by atoms with Gasteiger partial charge in [-0.15, -0.1) is 0 Å². The fraction of sp³-hybridized carbons (Fsp3) is 0.333. The molecule has 1 amide bonds. The van der Waals surface area contributed by atoms with Gasteiger partial charge in [-0.2, -0.15) is 0 Å². The van der Waals surface area contributed by atoms with Crippen molar-refractivity contribution >= 4 is 23.6 Å². The quantitative estimate of drug-likeness (QED) is 0.412. The van der Waals surface area contributed by atoms with Crippen LogP contribution >= 0.6 is 0 Å². The van der Waals surface area contributed by atoms with Gasteiger partial charge in [0.2, 0.25) is 0 Å². The molecule has 1 unspecified atom stereocenters. The summed E-state index contributed by atoms with van der Waals surface area (Å²) in [5.74, 6) is -4.14. The molecule has 1 aliphatic heterocycles. The Morgan fingerprint density at radius 2 is 2.12 bits per heavy atom. The number of alkyl halides is 2. The second-order valence-electron chi connectivity index (χ2n) is 7.27. The molecule has 8 nitrogen and oxygen atoms in total. The van der Waals surface area contributed by atoms with Crippen molar-refractivity contribution in [2.24, 2.45) is 4.99 Å². The number of amidine groups is 1.